The molecule has 1 heterocycles. The number of carbonyl (C=O) groups excluding carboxylic acids is 1. The predicted molar refractivity (Wildman–Crippen MR) is 97.7 cm³/mol. The molecule has 0 saturated carbocycles. The first kappa shape index (κ1) is 19.8. The van der Waals surface area contributed by atoms with Crippen molar-refractivity contribution in [3.63, 3.8) is 0 Å². The number of nitrogens with two attached hydrogens (primary N) is 1. The molecule has 0 atom stereocenters. The lowest BCUT2D eigenvalue weighted by Crippen LogP contribution is -2.57. The molecule has 1 amide bonds. The maximum absolute atomic E-state index is 12.2. The van der Waals surface area contributed by atoms with Crippen LogP contribution in [-0.4, -0.2) is 68.9 Å². The van der Waals surface area contributed by atoms with Gasteiger partial charge in [-0.05, 0) is 32.9 Å². The van der Waals surface area contributed by atoms with E-state index in [0.717, 1.165) is 5.56 Å². The summed E-state index contributed by atoms with van der Waals surface area (Å²) in [5, 5.41) is 0. The standard InChI is InChI=1S/C17H28N4O3S/c1-14-4-6-15(7-5-14)25(23,24)19-8-9-20-10-12-21(13-11-20)16(22)17(2,3)18/h4-7,19H,8-13,18H2,1-3H3. The van der Waals surface area contributed by atoms with Gasteiger partial charge in [0, 0.05) is 39.3 Å². The highest BCUT2D eigenvalue weighted by atomic mass is 32.2. The molecule has 140 valence electrons. The predicted octanol–water partition coefficient (Wildman–Crippen LogP) is 0.155. The van der Waals surface area contributed by atoms with E-state index in [1.165, 1.54) is 0 Å². The zero-order valence-electron chi connectivity index (χ0n) is 15.2. The minimum absolute atomic E-state index is 0.0489. The van der Waals surface area contributed by atoms with Gasteiger partial charge < -0.3 is 10.6 Å². The summed E-state index contributed by atoms with van der Waals surface area (Å²) in [5.74, 6) is -0.0489. The third-order valence-corrected chi connectivity index (χ3v) is 5.74. The fourth-order valence-electron chi connectivity index (χ4n) is 2.72. The molecule has 1 aromatic carbocycles. The SMILES string of the molecule is Cc1ccc(S(=O)(=O)NCCN2CCN(C(=O)C(C)(C)N)CC2)cc1. The molecule has 1 aliphatic heterocycles. The van der Waals surface area contributed by atoms with Gasteiger partial charge in [0.05, 0.1) is 10.4 Å². The minimum atomic E-state index is -3.48. The maximum atomic E-state index is 12.2. The van der Waals surface area contributed by atoms with Crippen LogP contribution in [0.15, 0.2) is 29.2 Å². The Balaban J connectivity index is 1.78. The molecule has 8 heteroatoms. The van der Waals surface area contributed by atoms with E-state index in [0.29, 0.717) is 39.3 Å². The van der Waals surface area contributed by atoms with Crippen LogP contribution in [0.2, 0.25) is 0 Å². The summed E-state index contributed by atoms with van der Waals surface area (Å²) in [5.41, 5.74) is 6.02. The van der Waals surface area contributed by atoms with E-state index in [1.54, 1.807) is 43.0 Å². The average Bonchev–Trinajstić information content (AvgIpc) is 2.54. The number of hydrogen-bond donors (Lipinski definition) is 2. The van der Waals surface area contributed by atoms with E-state index in [1.807, 2.05) is 6.92 Å². The zero-order valence-corrected chi connectivity index (χ0v) is 16.0. The highest BCUT2D eigenvalue weighted by Crippen LogP contribution is 2.10. The Morgan fingerprint density at radius 1 is 1.16 bits per heavy atom. The molecule has 1 aromatic rings. The molecule has 3 N–H and O–H groups in total. The molecule has 0 aromatic heterocycles. The molecule has 0 radical (unpaired) electrons. The molecule has 1 aliphatic rings. The second-order valence-electron chi connectivity index (χ2n) is 7.07. The number of carbonyl (C=O) groups is 1. The van der Waals surface area contributed by atoms with Crippen molar-refractivity contribution in [2.75, 3.05) is 39.3 Å². The van der Waals surface area contributed by atoms with Crippen molar-refractivity contribution < 1.29 is 13.2 Å². The van der Waals surface area contributed by atoms with E-state index >= 15 is 0 Å². The van der Waals surface area contributed by atoms with E-state index in [9.17, 15) is 13.2 Å². The van der Waals surface area contributed by atoms with E-state index in [4.69, 9.17) is 5.73 Å². The molecule has 0 aliphatic carbocycles. The number of aryl methyl sites for hydroxylation is 1. The third-order valence-electron chi connectivity index (χ3n) is 4.26. The maximum Gasteiger partial charge on any atom is 0.242 e. The first-order valence-corrected chi connectivity index (χ1v) is 9.95. The van der Waals surface area contributed by atoms with Gasteiger partial charge in [-0.3, -0.25) is 9.69 Å². The number of benzene rings is 1. The highest BCUT2D eigenvalue weighted by Gasteiger charge is 2.30. The van der Waals surface area contributed by atoms with Gasteiger partial charge in [0.2, 0.25) is 15.9 Å². The second-order valence-corrected chi connectivity index (χ2v) is 8.83. The Hall–Kier alpha value is -1.48. The summed E-state index contributed by atoms with van der Waals surface area (Å²) < 4.78 is 27.1. The molecular formula is C17H28N4O3S. The Labute approximate surface area is 150 Å². The van der Waals surface area contributed by atoms with Gasteiger partial charge in [0.1, 0.15) is 0 Å². The van der Waals surface area contributed by atoms with Crippen LogP contribution in [-0.2, 0) is 14.8 Å². The number of amides is 1. The van der Waals surface area contributed by atoms with Crippen molar-refractivity contribution in [1.82, 2.24) is 14.5 Å². The monoisotopic (exact) mass is 368 g/mol. The fraction of sp³-hybridized carbons (Fsp3) is 0.588. The number of nitrogens with one attached hydrogen (secondary N) is 1. The van der Waals surface area contributed by atoms with Crippen LogP contribution < -0.4 is 10.5 Å². The molecule has 0 bridgehead atoms. The van der Waals surface area contributed by atoms with Crippen molar-refractivity contribution in [2.45, 2.75) is 31.2 Å². The Kier molecular flexibility index (Phi) is 6.21. The van der Waals surface area contributed by atoms with Crippen molar-refractivity contribution >= 4 is 15.9 Å². The number of hydrogen-bond acceptors (Lipinski definition) is 5. The van der Waals surface area contributed by atoms with Gasteiger partial charge in [-0.25, -0.2) is 13.1 Å². The van der Waals surface area contributed by atoms with E-state index in [2.05, 4.69) is 9.62 Å². The quantitative estimate of drug-likeness (QED) is 0.745. The number of rotatable bonds is 6. The Morgan fingerprint density at radius 3 is 2.24 bits per heavy atom. The summed E-state index contributed by atoms with van der Waals surface area (Å²) in [4.78, 5) is 16.3. The van der Waals surface area contributed by atoms with Crippen LogP contribution >= 0.6 is 0 Å². The molecule has 1 saturated heterocycles. The van der Waals surface area contributed by atoms with Gasteiger partial charge in [-0.2, -0.15) is 0 Å². The van der Waals surface area contributed by atoms with Gasteiger partial charge in [0.25, 0.3) is 0 Å². The van der Waals surface area contributed by atoms with Crippen LogP contribution in [0.1, 0.15) is 19.4 Å². The summed E-state index contributed by atoms with van der Waals surface area (Å²) in [6.07, 6.45) is 0. The molecule has 2 rings (SSSR count). The van der Waals surface area contributed by atoms with Crippen LogP contribution in [0.3, 0.4) is 0 Å². The number of piperazine rings is 1. The number of nitrogens with zero attached hydrogens (tertiary/aromatic N) is 2. The van der Waals surface area contributed by atoms with E-state index in [-0.39, 0.29) is 10.8 Å². The third kappa shape index (κ3) is 5.50. The summed E-state index contributed by atoms with van der Waals surface area (Å²) in [6.45, 7) is 8.95. The first-order valence-electron chi connectivity index (χ1n) is 8.46. The first-order chi connectivity index (χ1) is 11.6. The lowest BCUT2D eigenvalue weighted by Gasteiger charge is -2.37. The van der Waals surface area contributed by atoms with Crippen LogP contribution in [0.5, 0.6) is 0 Å². The van der Waals surface area contributed by atoms with Gasteiger partial charge in [-0.15, -0.1) is 0 Å². The van der Waals surface area contributed by atoms with Gasteiger partial charge in [-0.1, -0.05) is 17.7 Å². The molecule has 0 unspecified atom stereocenters. The minimum Gasteiger partial charge on any atom is -0.339 e. The van der Waals surface area contributed by atoms with Crippen LogP contribution in [0.25, 0.3) is 0 Å². The highest BCUT2D eigenvalue weighted by molar-refractivity contribution is 7.89. The molecule has 1 fully saturated rings. The number of sulfonamides is 1. The average molecular weight is 369 g/mol. The molecule has 25 heavy (non-hydrogen) atoms. The normalized spacial score (nSPS) is 16.9. The zero-order chi connectivity index (χ0) is 18.7. The van der Waals surface area contributed by atoms with Crippen molar-refractivity contribution in [2.24, 2.45) is 5.73 Å². The molecular weight excluding hydrogens is 340 g/mol. The Bertz CT molecular complexity index is 688. The van der Waals surface area contributed by atoms with Crippen molar-refractivity contribution in [3.8, 4) is 0 Å². The Morgan fingerprint density at radius 2 is 1.72 bits per heavy atom. The smallest absolute Gasteiger partial charge is 0.242 e. The summed E-state index contributed by atoms with van der Waals surface area (Å²) in [7, 11) is -3.48. The van der Waals surface area contributed by atoms with Crippen LogP contribution in [0, 0.1) is 6.92 Å². The second kappa shape index (κ2) is 7.82. The van der Waals surface area contributed by atoms with Gasteiger partial charge >= 0.3 is 0 Å². The topological polar surface area (TPSA) is 95.7 Å². The molecule has 0 spiro atoms. The van der Waals surface area contributed by atoms with Crippen molar-refractivity contribution in [3.05, 3.63) is 29.8 Å². The molecule has 7 nitrogen and oxygen atoms in total. The van der Waals surface area contributed by atoms with Crippen molar-refractivity contribution in [1.29, 1.82) is 0 Å². The van der Waals surface area contributed by atoms with E-state index < -0.39 is 15.6 Å². The lowest BCUT2D eigenvalue weighted by molar-refractivity contribution is -0.137. The lowest BCUT2D eigenvalue weighted by atomic mass is 10.0. The largest absolute Gasteiger partial charge is 0.339 e. The van der Waals surface area contributed by atoms with Gasteiger partial charge in [0.15, 0.2) is 0 Å². The summed E-state index contributed by atoms with van der Waals surface area (Å²) in [6, 6.07) is 6.78. The van der Waals surface area contributed by atoms with Crippen LogP contribution in [0.4, 0.5) is 0 Å². The summed E-state index contributed by atoms with van der Waals surface area (Å²) >= 11 is 0. The fourth-order valence-corrected chi connectivity index (χ4v) is 3.74.